The van der Waals surface area contributed by atoms with Crippen LogP contribution in [0.4, 0.5) is 23.2 Å². The average molecular weight is 313 g/mol. The Morgan fingerprint density at radius 2 is 1.73 bits per heavy atom. The molecule has 0 spiro atoms. The minimum Gasteiger partial charge on any atom is -0.406 e. The summed E-state index contributed by atoms with van der Waals surface area (Å²) < 4.78 is 53.1. The SMILES string of the molecule is Cc1ccc(NC(=O)c2ccc(OC(F)(F)F)cc2)cc1F. The number of ether oxygens (including phenoxy) is 1. The monoisotopic (exact) mass is 313 g/mol. The molecule has 0 saturated carbocycles. The topological polar surface area (TPSA) is 38.3 Å². The first-order valence-corrected chi connectivity index (χ1v) is 6.18. The quantitative estimate of drug-likeness (QED) is 0.859. The van der Waals surface area contributed by atoms with E-state index in [1.165, 1.54) is 24.3 Å². The fourth-order valence-electron chi connectivity index (χ4n) is 1.68. The number of amides is 1. The fraction of sp³-hybridized carbons (Fsp3) is 0.133. The van der Waals surface area contributed by atoms with Crippen molar-refractivity contribution in [1.82, 2.24) is 0 Å². The third-order valence-corrected chi connectivity index (χ3v) is 2.78. The van der Waals surface area contributed by atoms with Crippen LogP contribution >= 0.6 is 0 Å². The molecular formula is C15H11F4NO2. The molecule has 2 aromatic carbocycles. The molecule has 22 heavy (non-hydrogen) atoms. The minimum atomic E-state index is -4.79. The number of benzene rings is 2. The van der Waals surface area contributed by atoms with Crippen molar-refractivity contribution in [3.63, 3.8) is 0 Å². The number of rotatable bonds is 3. The first kappa shape index (κ1) is 15.8. The Morgan fingerprint density at radius 3 is 2.27 bits per heavy atom. The Balaban J connectivity index is 2.08. The van der Waals surface area contributed by atoms with Crippen LogP contribution in [0.1, 0.15) is 15.9 Å². The highest BCUT2D eigenvalue weighted by molar-refractivity contribution is 6.04. The average Bonchev–Trinajstić information content (AvgIpc) is 2.42. The third kappa shape index (κ3) is 4.21. The maximum absolute atomic E-state index is 13.4. The summed E-state index contributed by atoms with van der Waals surface area (Å²) in [6, 6.07) is 8.61. The van der Waals surface area contributed by atoms with E-state index >= 15 is 0 Å². The lowest BCUT2D eigenvalue weighted by Gasteiger charge is -2.10. The van der Waals surface area contributed by atoms with Crippen molar-refractivity contribution < 1.29 is 27.1 Å². The number of nitrogens with one attached hydrogen (secondary N) is 1. The second kappa shape index (κ2) is 6.05. The van der Waals surface area contributed by atoms with Crippen LogP contribution < -0.4 is 10.1 Å². The standard InChI is InChI=1S/C15H11F4NO2/c1-9-2-5-11(8-13(9)16)20-14(21)10-3-6-12(7-4-10)22-15(17,18)19/h2-8H,1H3,(H,20,21). The summed E-state index contributed by atoms with van der Waals surface area (Å²) in [6.07, 6.45) is -4.79. The van der Waals surface area contributed by atoms with Crippen molar-refractivity contribution >= 4 is 11.6 Å². The number of hydrogen-bond acceptors (Lipinski definition) is 2. The molecule has 0 unspecified atom stereocenters. The third-order valence-electron chi connectivity index (χ3n) is 2.78. The summed E-state index contributed by atoms with van der Waals surface area (Å²) in [5, 5.41) is 2.45. The molecule has 1 amide bonds. The van der Waals surface area contributed by atoms with Crippen molar-refractivity contribution in [1.29, 1.82) is 0 Å². The summed E-state index contributed by atoms with van der Waals surface area (Å²) in [7, 11) is 0. The van der Waals surface area contributed by atoms with Gasteiger partial charge in [0.15, 0.2) is 0 Å². The predicted molar refractivity (Wildman–Crippen MR) is 72.2 cm³/mol. The molecule has 0 aliphatic carbocycles. The van der Waals surface area contributed by atoms with Crippen LogP contribution in [-0.4, -0.2) is 12.3 Å². The zero-order chi connectivity index (χ0) is 16.3. The molecule has 2 aromatic rings. The number of carbonyl (C=O) groups is 1. The molecule has 0 aliphatic rings. The number of hydrogen-bond donors (Lipinski definition) is 1. The predicted octanol–water partition coefficient (Wildman–Crippen LogP) is 4.29. The van der Waals surface area contributed by atoms with Gasteiger partial charge in [-0.3, -0.25) is 4.79 Å². The van der Waals surface area contributed by atoms with Gasteiger partial charge in [-0.1, -0.05) is 6.07 Å². The van der Waals surface area contributed by atoms with E-state index < -0.39 is 23.8 Å². The lowest BCUT2D eigenvalue weighted by atomic mass is 10.2. The van der Waals surface area contributed by atoms with E-state index in [0.717, 1.165) is 18.2 Å². The van der Waals surface area contributed by atoms with Gasteiger partial charge >= 0.3 is 6.36 Å². The highest BCUT2D eigenvalue weighted by Gasteiger charge is 2.31. The van der Waals surface area contributed by atoms with Crippen LogP contribution in [0.25, 0.3) is 0 Å². The molecule has 0 aliphatic heterocycles. The van der Waals surface area contributed by atoms with Crippen LogP contribution in [0.5, 0.6) is 5.75 Å². The molecule has 0 bridgehead atoms. The first-order valence-electron chi connectivity index (χ1n) is 6.18. The van der Waals surface area contributed by atoms with Gasteiger partial charge in [0.2, 0.25) is 0 Å². The Kier molecular flexibility index (Phi) is 4.35. The van der Waals surface area contributed by atoms with Crippen molar-refractivity contribution in [3.8, 4) is 5.75 Å². The first-order chi connectivity index (χ1) is 10.2. The van der Waals surface area contributed by atoms with Crippen molar-refractivity contribution in [2.24, 2.45) is 0 Å². The normalized spacial score (nSPS) is 11.1. The van der Waals surface area contributed by atoms with Crippen LogP contribution in [0, 0.1) is 12.7 Å². The summed E-state index contributed by atoms with van der Waals surface area (Å²) in [4.78, 5) is 11.9. The molecular weight excluding hydrogens is 302 g/mol. The van der Waals surface area contributed by atoms with Crippen LogP contribution in [0.2, 0.25) is 0 Å². The van der Waals surface area contributed by atoms with E-state index in [0.29, 0.717) is 5.56 Å². The zero-order valence-electron chi connectivity index (χ0n) is 11.4. The highest BCUT2D eigenvalue weighted by atomic mass is 19.4. The molecule has 0 radical (unpaired) electrons. The molecule has 116 valence electrons. The van der Waals surface area contributed by atoms with Crippen molar-refractivity contribution in [2.75, 3.05) is 5.32 Å². The molecule has 7 heteroatoms. The molecule has 1 N–H and O–H groups in total. The Labute approximate surface area is 123 Å². The summed E-state index contributed by atoms with van der Waals surface area (Å²) in [6.45, 7) is 1.58. The zero-order valence-corrected chi connectivity index (χ0v) is 11.4. The molecule has 0 aromatic heterocycles. The maximum Gasteiger partial charge on any atom is 0.573 e. The lowest BCUT2D eigenvalue weighted by Crippen LogP contribution is -2.17. The van der Waals surface area contributed by atoms with E-state index in [2.05, 4.69) is 10.1 Å². The largest absolute Gasteiger partial charge is 0.573 e. The lowest BCUT2D eigenvalue weighted by molar-refractivity contribution is -0.274. The molecule has 0 heterocycles. The maximum atomic E-state index is 13.4. The molecule has 0 fully saturated rings. The Bertz CT molecular complexity index is 681. The van der Waals surface area contributed by atoms with E-state index in [1.807, 2.05) is 0 Å². The van der Waals surface area contributed by atoms with Crippen LogP contribution in [-0.2, 0) is 0 Å². The molecule has 0 saturated heterocycles. The Hall–Kier alpha value is -2.57. The number of aryl methyl sites for hydroxylation is 1. The smallest absolute Gasteiger partial charge is 0.406 e. The summed E-state index contributed by atoms with van der Waals surface area (Å²) in [5.41, 5.74) is 0.811. The minimum absolute atomic E-state index is 0.121. The number of alkyl halides is 3. The second-order valence-corrected chi connectivity index (χ2v) is 4.49. The van der Waals surface area contributed by atoms with Crippen molar-refractivity contribution in [2.45, 2.75) is 13.3 Å². The van der Waals surface area contributed by atoms with Gasteiger partial charge in [0.1, 0.15) is 11.6 Å². The number of anilines is 1. The molecule has 0 atom stereocenters. The van der Waals surface area contributed by atoms with Gasteiger partial charge in [0, 0.05) is 11.3 Å². The second-order valence-electron chi connectivity index (χ2n) is 4.49. The summed E-state index contributed by atoms with van der Waals surface area (Å²) >= 11 is 0. The van der Waals surface area contributed by atoms with Gasteiger partial charge in [-0.25, -0.2) is 4.39 Å². The van der Waals surface area contributed by atoms with E-state index in [1.54, 1.807) is 6.92 Å². The number of halogens is 4. The van der Waals surface area contributed by atoms with E-state index in [-0.39, 0.29) is 11.3 Å². The van der Waals surface area contributed by atoms with Gasteiger partial charge in [-0.05, 0) is 48.9 Å². The van der Waals surface area contributed by atoms with Gasteiger partial charge in [-0.2, -0.15) is 0 Å². The van der Waals surface area contributed by atoms with E-state index in [9.17, 15) is 22.4 Å². The molecule has 2 rings (SSSR count). The highest BCUT2D eigenvalue weighted by Crippen LogP contribution is 2.23. The summed E-state index contributed by atoms with van der Waals surface area (Å²) in [5.74, 6) is -1.46. The van der Waals surface area contributed by atoms with Gasteiger partial charge in [0.05, 0.1) is 0 Å². The van der Waals surface area contributed by atoms with Crippen LogP contribution in [0.15, 0.2) is 42.5 Å². The Morgan fingerprint density at radius 1 is 1.09 bits per heavy atom. The van der Waals surface area contributed by atoms with Gasteiger partial charge in [-0.15, -0.1) is 13.2 Å². The van der Waals surface area contributed by atoms with E-state index in [4.69, 9.17) is 0 Å². The fourth-order valence-corrected chi connectivity index (χ4v) is 1.68. The van der Waals surface area contributed by atoms with Crippen LogP contribution in [0.3, 0.4) is 0 Å². The van der Waals surface area contributed by atoms with Gasteiger partial charge in [0.25, 0.3) is 5.91 Å². The van der Waals surface area contributed by atoms with Gasteiger partial charge < -0.3 is 10.1 Å². The molecule has 3 nitrogen and oxygen atoms in total. The number of carbonyl (C=O) groups excluding carboxylic acids is 1. The van der Waals surface area contributed by atoms with Crippen molar-refractivity contribution in [3.05, 3.63) is 59.4 Å².